The topological polar surface area (TPSA) is 30.5 Å². The predicted molar refractivity (Wildman–Crippen MR) is 88.9 cm³/mol. The molecule has 0 fully saturated rings. The Labute approximate surface area is 134 Å². The first-order valence-electron chi connectivity index (χ1n) is 6.84. The maximum Gasteiger partial charge on any atom is 0.127 e. The van der Waals surface area contributed by atoms with Gasteiger partial charge >= 0.3 is 0 Å². The average Bonchev–Trinajstić information content (AvgIpc) is 2.52. The lowest BCUT2D eigenvalue weighted by molar-refractivity contribution is 0.389. The number of methoxy groups -OCH3 is 2. The predicted octanol–water partition coefficient (Wildman–Crippen LogP) is 4.32. The van der Waals surface area contributed by atoms with Gasteiger partial charge in [-0.05, 0) is 24.6 Å². The first-order valence-corrected chi connectivity index (χ1v) is 7.63. The van der Waals surface area contributed by atoms with Crippen LogP contribution in [0.2, 0.25) is 0 Å². The van der Waals surface area contributed by atoms with Gasteiger partial charge in [0.2, 0.25) is 0 Å². The molecule has 0 saturated heterocycles. The quantitative estimate of drug-likeness (QED) is 0.842. The third kappa shape index (κ3) is 3.99. The zero-order valence-corrected chi connectivity index (χ0v) is 14.1. The minimum absolute atomic E-state index is 0.243. The third-order valence-electron chi connectivity index (χ3n) is 3.46. The number of hydrogen-bond donors (Lipinski definition) is 1. The first-order chi connectivity index (χ1) is 10.2. The molecule has 21 heavy (non-hydrogen) atoms. The zero-order chi connectivity index (χ0) is 15.2. The van der Waals surface area contributed by atoms with E-state index in [1.807, 2.05) is 30.3 Å². The molecule has 2 aromatic rings. The van der Waals surface area contributed by atoms with Crippen LogP contribution in [0.3, 0.4) is 0 Å². The summed E-state index contributed by atoms with van der Waals surface area (Å²) in [6, 6.07) is 14.4. The minimum Gasteiger partial charge on any atom is -0.497 e. The molecule has 0 aliphatic carbocycles. The highest BCUT2D eigenvalue weighted by molar-refractivity contribution is 9.10. The summed E-state index contributed by atoms with van der Waals surface area (Å²) >= 11 is 3.59. The summed E-state index contributed by atoms with van der Waals surface area (Å²) in [6.07, 6.45) is 0. The number of benzene rings is 2. The van der Waals surface area contributed by atoms with Gasteiger partial charge in [0.05, 0.1) is 14.2 Å². The molecule has 0 aliphatic rings. The van der Waals surface area contributed by atoms with Crippen molar-refractivity contribution in [2.45, 2.75) is 19.5 Å². The van der Waals surface area contributed by atoms with Gasteiger partial charge in [0, 0.05) is 28.7 Å². The fourth-order valence-corrected chi connectivity index (χ4v) is 2.83. The van der Waals surface area contributed by atoms with Gasteiger partial charge in [0.15, 0.2) is 0 Å². The number of halogens is 1. The molecule has 0 amide bonds. The molecule has 4 heteroatoms. The monoisotopic (exact) mass is 349 g/mol. The Morgan fingerprint density at radius 3 is 2.52 bits per heavy atom. The van der Waals surface area contributed by atoms with Crippen LogP contribution in [-0.4, -0.2) is 14.2 Å². The Hall–Kier alpha value is -1.52. The van der Waals surface area contributed by atoms with Crippen LogP contribution in [0.25, 0.3) is 0 Å². The molecule has 3 nitrogen and oxygen atoms in total. The molecule has 1 atom stereocenters. The molecule has 2 aromatic carbocycles. The van der Waals surface area contributed by atoms with Gasteiger partial charge in [-0.3, -0.25) is 0 Å². The van der Waals surface area contributed by atoms with E-state index in [9.17, 15) is 0 Å². The van der Waals surface area contributed by atoms with Gasteiger partial charge in [0.1, 0.15) is 11.5 Å². The molecule has 0 radical (unpaired) electrons. The van der Waals surface area contributed by atoms with Crippen molar-refractivity contribution in [3.63, 3.8) is 0 Å². The van der Waals surface area contributed by atoms with Crippen LogP contribution in [0.1, 0.15) is 24.1 Å². The van der Waals surface area contributed by atoms with Crippen molar-refractivity contribution in [1.29, 1.82) is 0 Å². The molecule has 0 spiro atoms. The fourth-order valence-electron chi connectivity index (χ4n) is 2.20. The highest BCUT2D eigenvalue weighted by atomic mass is 79.9. The second-order valence-corrected chi connectivity index (χ2v) is 5.66. The summed E-state index contributed by atoms with van der Waals surface area (Å²) in [6.45, 7) is 2.88. The summed E-state index contributed by atoms with van der Waals surface area (Å²) < 4.78 is 11.8. The minimum atomic E-state index is 0.243. The van der Waals surface area contributed by atoms with E-state index in [1.165, 1.54) is 5.56 Å². The molecule has 0 saturated carbocycles. The van der Waals surface area contributed by atoms with Gasteiger partial charge in [-0.25, -0.2) is 0 Å². The van der Waals surface area contributed by atoms with Crippen molar-refractivity contribution in [2.75, 3.05) is 14.2 Å². The van der Waals surface area contributed by atoms with Gasteiger partial charge < -0.3 is 14.8 Å². The number of ether oxygens (including phenoxy) is 2. The largest absolute Gasteiger partial charge is 0.497 e. The Morgan fingerprint density at radius 2 is 1.86 bits per heavy atom. The molecule has 2 rings (SSSR count). The van der Waals surface area contributed by atoms with E-state index in [4.69, 9.17) is 9.47 Å². The van der Waals surface area contributed by atoms with Crippen LogP contribution in [0.5, 0.6) is 11.5 Å². The second kappa shape index (κ2) is 7.48. The lowest BCUT2D eigenvalue weighted by Gasteiger charge is -2.17. The Kier molecular flexibility index (Phi) is 5.65. The molecular weight excluding hydrogens is 330 g/mol. The van der Waals surface area contributed by atoms with Crippen molar-refractivity contribution in [2.24, 2.45) is 0 Å². The highest BCUT2D eigenvalue weighted by Crippen LogP contribution is 2.26. The van der Waals surface area contributed by atoms with Crippen molar-refractivity contribution < 1.29 is 9.47 Å². The Morgan fingerprint density at radius 1 is 1.10 bits per heavy atom. The fraction of sp³-hybridized carbons (Fsp3) is 0.294. The van der Waals surface area contributed by atoms with Crippen LogP contribution in [0.15, 0.2) is 46.9 Å². The van der Waals surface area contributed by atoms with E-state index in [-0.39, 0.29) is 6.04 Å². The van der Waals surface area contributed by atoms with Crippen molar-refractivity contribution in [3.8, 4) is 11.5 Å². The summed E-state index contributed by atoms with van der Waals surface area (Å²) in [7, 11) is 3.33. The number of hydrogen-bond acceptors (Lipinski definition) is 3. The van der Waals surface area contributed by atoms with Crippen molar-refractivity contribution in [1.82, 2.24) is 5.32 Å². The van der Waals surface area contributed by atoms with Crippen LogP contribution in [-0.2, 0) is 6.54 Å². The second-order valence-electron chi connectivity index (χ2n) is 4.80. The highest BCUT2D eigenvalue weighted by Gasteiger charge is 2.10. The van der Waals surface area contributed by atoms with Gasteiger partial charge in [-0.2, -0.15) is 0 Å². The van der Waals surface area contributed by atoms with E-state index in [0.29, 0.717) is 0 Å². The molecule has 0 aliphatic heterocycles. The van der Waals surface area contributed by atoms with Crippen LogP contribution < -0.4 is 14.8 Å². The SMILES string of the molecule is COc1ccc(CNC(C)c2ccccc2Br)c(OC)c1. The maximum absolute atomic E-state index is 5.42. The normalized spacial score (nSPS) is 12.0. The maximum atomic E-state index is 5.42. The molecule has 112 valence electrons. The summed E-state index contributed by atoms with van der Waals surface area (Å²) in [5.74, 6) is 1.63. The van der Waals surface area contributed by atoms with E-state index in [2.05, 4.69) is 40.3 Å². The molecule has 1 N–H and O–H groups in total. The van der Waals surface area contributed by atoms with Gasteiger partial charge in [0.25, 0.3) is 0 Å². The van der Waals surface area contributed by atoms with Crippen LogP contribution >= 0.6 is 15.9 Å². The van der Waals surface area contributed by atoms with Crippen molar-refractivity contribution >= 4 is 15.9 Å². The van der Waals surface area contributed by atoms with Gasteiger partial charge in [-0.15, -0.1) is 0 Å². The zero-order valence-electron chi connectivity index (χ0n) is 12.5. The van der Waals surface area contributed by atoms with Crippen LogP contribution in [0.4, 0.5) is 0 Å². The van der Waals surface area contributed by atoms with E-state index < -0.39 is 0 Å². The molecule has 0 bridgehead atoms. The summed E-state index contributed by atoms with van der Waals surface area (Å²) in [5, 5.41) is 3.52. The summed E-state index contributed by atoms with van der Waals surface area (Å²) in [4.78, 5) is 0. The summed E-state index contributed by atoms with van der Waals surface area (Å²) in [5.41, 5.74) is 2.35. The molecular formula is C17H20BrNO2. The number of nitrogens with one attached hydrogen (secondary N) is 1. The van der Waals surface area contributed by atoms with Crippen LogP contribution in [0, 0.1) is 0 Å². The molecule has 0 heterocycles. The molecule has 1 unspecified atom stereocenters. The third-order valence-corrected chi connectivity index (χ3v) is 4.19. The van der Waals surface area contributed by atoms with E-state index in [0.717, 1.165) is 28.1 Å². The lowest BCUT2D eigenvalue weighted by Crippen LogP contribution is -2.18. The smallest absolute Gasteiger partial charge is 0.127 e. The van der Waals surface area contributed by atoms with E-state index >= 15 is 0 Å². The standard InChI is InChI=1S/C17H20BrNO2/c1-12(15-6-4-5-7-16(15)18)19-11-13-8-9-14(20-2)10-17(13)21-3/h4-10,12,19H,11H2,1-3H3. The lowest BCUT2D eigenvalue weighted by atomic mass is 10.1. The Bertz CT molecular complexity index is 601. The van der Waals surface area contributed by atoms with Crippen molar-refractivity contribution in [3.05, 3.63) is 58.1 Å². The van der Waals surface area contributed by atoms with Gasteiger partial charge in [-0.1, -0.05) is 40.2 Å². The first kappa shape index (κ1) is 15.9. The molecule has 0 aromatic heterocycles. The average molecular weight is 350 g/mol. The van der Waals surface area contributed by atoms with E-state index in [1.54, 1.807) is 14.2 Å². The Balaban J connectivity index is 2.08. The number of rotatable bonds is 6.